The van der Waals surface area contributed by atoms with Gasteiger partial charge in [0.15, 0.2) is 0 Å². The molecule has 1 fully saturated rings. The van der Waals surface area contributed by atoms with E-state index < -0.39 is 11.4 Å². The van der Waals surface area contributed by atoms with E-state index in [0.717, 1.165) is 18.4 Å². The highest BCUT2D eigenvalue weighted by Gasteiger charge is 2.51. The molecule has 0 unspecified atom stereocenters. The first kappa shape index (κ1) is 20.6. The molecule has 2 aromatic carbocycles. The van der Waals surface area contributed by atoms with Crippen molar-refractivity contribution in [2.45, 2.75) is 25.9 Å². The van der Waals surface area contributed by atoms with Crippen molar-refractivity contribution in [3.05, 3.63) is 77.3 Å². The van der Waals surface area contributed by atoms with E-state index >= 15 is 0 Å². The molecule has 0 radical (unpaired) electrons. The Balaban J connectivity index is 1.71. The lowest BCUT2D eigenvalue weighted by Crippen LogP contribution is -2.21. The third-order valence-electron chi connectivity index (χ3n) is 5.05. The summed E-state index contributed by atoms with van der Waals surface area (Å²) in [6.07, 6.45) is 3.30. The third kappa shape index (κ3) is 4.83. The average Bonchev–Trinajstić information content (AvgIpc) is 3.52. The summed E-state index contributed by atoms with van der Waals surface area (Å²) in [6, 6.07) is 13.3. The normalized spacial score (nSPS) is 14.8. The lowest BCUT2D eigenvalue weighted by molar-refractivity contribution is -0.151. The van der Waals surface area contributed by atoms with Crippen LogP contribution in [0.4, 0.5) is 4.39 Å². The second kappa shape index (κ2) is 8.90. The van der Waals surface area contributed by atoms with Crippen LogP contribution in [-0.2, 0) is 36.8 Å². The maximum atomic E-state index is 13.1. The highest BCUT2D eigenvalue weighted by molar-refractivity contribution is 6.16. The molecule has 0 aromatic heterocycles. The summed E-state index contributed by atoms with van der Waals surface area (Å²) in [7, 11) is 2.73. The number of hydrogen-bond donors (Lipinski definition) is 0. The van der Waals surface area contributed by atoms with Crippen molar-refractivity contribution < 1.29 is 28.2 Å². The Hall–Kier alpha value is -3.15. The van der Waals surface area contributed by atoms with Gasteiger partial charge in [0.1, 0.15) is 18.0 Å². The van der Waals surface area contributed by atoms with Crippen LogP contribution < -0.4 is 0 Å². The fourth-order valence-electron chi connectivity index (χ4n) is 3.25. The molecule has 1 aliphatic carbocycles. The minimum atomic E-state index is -0.555. The van der Waals surface area contributed by atoms with E-state index in [1.807, 2.05) is 0 Å². The molecule has 0 saturated heterocycles. The minimum Gasteiger partial charge on any atom is -0.503 e. The summed E-state index contributed by atoms with van der Waals surface area (Å²) in [5.74, 6) is -1.13. The number of methoxy groups -OCH3 is 2. The van der Waals surface area contributed by atoms with E-state index in [4.69, 9.17) is 14.2 Å². The van der Waals surface area contributed by atoms with Gasteiger partial charge in [0.25, 0.3) is 0 Å². The van der Waals surface area contributed by atoms with Gasteiger partial charge >= 0.3 is 11.9 Å². The first-order valence-corrected chi connectivity index (χ1v) is 9.30. The van der Waals surface area contributed by atoms with Gasteiger partial charge < -0.3 is 14.2 Å². The SMILES string of the molecule is CO/C=C(\C(=O)OC)c1ccccc1COC(=O)C1(Cc2ccc(F)cc2)CC1. The van der Waals surface area contributed by atoms with Gasteiger partial charge in [0, 0.05) is 0 Å². The molecule has 1 saturated carbocycles. The smallest absolute Gasteiger partial charge is 0.341 e. The summed E-state index contributed by atoms with van der Waals surface area (Å²) in [5.41, 5.74) is 1.84. The van der Waals surface area contributed by atoms with Gasteiger partial charge in [0.05, 0.1) is 25.9 Å². The molecule has 0 heterocycles. The van der Waals surface area contributed by atoms with Gasteiger partial charge in [-0.25, -0.2) is 9.18 Å². The van der Waals surface area contributed by atoms with Gasteiger partial charge in [-0.2, -0.15) is 0 Å². The van der Waals surface area contributed by atoms with E-state index in [1.54, 1.807) is 36.4 Å². The molecule has 0 atom stereocenters. The molecule has 0 amide bonds. The lowest BCUT2D eigenvalue weighted by atomic mass is 9.96. The zero-order chi connectivity index (χ0) is 20.9. The van der Waals surface area contributed by atoms with Crippen molar-refractivity contribution in [3.63, 3.8) is 0 Å². The molecule has 2 aromatic rings. The Labute approximate surface area is 169 Å². The van der Waals surface area contributed by atoms with Crippen LogP contribution in [0.1, 0.15) is 29.5 Å². The number of rotatable bonds is 8. The second-order valence-electron chi connectivity index (χ2n) is 7.08. The molecule has 29 heavy (non-hydrogen) atoms. The van der Waals surface area contributed by atoms with Gasteiger partial charge in [0.2, 0.25) is 0 Å². The van der Waals surface area contributed by atoms with Crippen molar-refractivity contribution in [2.24, 2.45) is 5.41 Å². The molecular formula is C23H23FO5. The molecule has 152 valence electrons. The Kier molecular flexibility index (Phi) is 6.32. The second-order valence-corrected chi connectivity index (χ2v) is 7.08. The lowest BCUT2D eigenvalue weighted by Gasteiger charge is -2.16. The predicted molar refractivity (Wildman–Crippen MR) is 105 cm³/mol. The van der Waals surface area contributed by atoms with Crippen LogP contribution in [0.15, 0.2) is 54.8 Å². The van der Waals surface area contributed by atoms with Gasteiger partial charge in [-0.05, 0) is 48.1 Å². The highest BCUT2D eigenvalue weighted by Crippen LogP contribution is 2.49. The third-order valence-corrected chi connectivity index (χ3v) is 5.05. The minimum absolute atomic E-state index is 0.0260. The predicted octanol–water partition coefficient (Wildman–Crippen LogP) is 4.05. The Morgan fingerprint density at radius 2 is 1.76 bits per heavy atom. The molecule has 1 aliphatic rings. The molecule has 0 bridgehead atoms. The van der Waals surface area contributed by atoms with Crippen LogP contribution in [0.3, 0.4) is 0 Å². The number of benzene rings is 2. The highest BCUT2D eigenvalue weighted by atomic mass is 19.1. The largest absolute Gasteiger partial charge is 0.503 e. The van der Waals surface area contributed by atoms with E-state index in [0.29, 0.717) is 17.5 Å². The number of carbonyl (C=O) groups is 2. The number of carbonyl (C=O) groups excluding carboxylic acids is 2. The summed E-state index contributed by atoms with van der Waals surface area (Å²) < 4.78 is 28.5. The first-order chi connectivity index (χ1) is 14.0. The maximum Gasteiger partial charge on any atom is 0.341 e. The van der Waals surface area contributed by atoms with Crippen molar-refractivity contribution >= 4 is 17.5 Å². The molecular weight excluding hydrogens is 375 g/mol. The van der Waals surface area contributed by atoms with Crippen molar-refractivity contribution in [1.82, 2.24) is 0 Å². The summed E-state index contributed by atoms with van der Waals surface area (Å²) in [5, 5.41) is 0. The van der Waals surface area contributed by atoms with E-state index in [9.17, 15) is 14.0 Å². The molecule has 0 N–H and O–H groups in total. The average molecular weight is 398 g/mol. The summed E-state index contributed by atoms with van der Waals surface area (Å²) in [6.45, 7) is 0.0260. The number of esters is 2. The zero-order valence-electron chi connectivity index (χ0n) is 16.4. The number of halogens is 1. The first-order valence-electron chi connectivity index (χ1n) is 9.30. The van der Waals surface area contributed by atoms with E-state index in [1.165, 1.54) is 32.6 Å². The van der Waals surface area contributed by atoms with Gasteiger partial charge in [-0.3, -0.25) is 4.79 Å². The van der Waals surface area contributed by atoms with Crippen molar-refractivity contribution in [3.8, 4) is 0 Å². The van der Waals surface area contributed by atoms with Crippen LogP contribution >= 0.6 is 0 Å². The van der Waals surface area contributed by atoms with Gasteiger partial charge in [-0.15, -0.1) is 0 Å². The molecule has 5 nitrogen and oxygen atoms in total. The monoisotopic (exact) mass is 398 g/mol. The molecule has 0 spiro atoms. The van der Waals surface area contributed by atoms with Crippen LogP contribution in [-0.4, -0.2) is 26.2 Å². The quantitative estimate of drug-likeness (QED) is 0.381. The van der Waals surface area contributed by atoms with Crippen molar-refractivity contribution in [1.29, 1.82) is 0 Å². The van der Waals surface area contributed by atoms with Crippen LogP contribution in [0.2, 0.25) is 0 Å². The van der Waals surface area contributed by atoms with E-state index in [2.05, 4.69) is 0 Å². The number of hydrogen-bond acceptors (Lipinski definition) is 5. The Morgan fingerprint density at radius 3 is 2.38 bits per heavy atom. The molecule has 0 aliphatic heterocycles. The standard InChI is InChI=1S/C23H23FO5/c1-27-15-20(21(25)28-2)19-6-4-3-5-17(19)14-29-22(26)23(11-12-23)13-16-7-9-18(24)10-8-16/h3-10,15H,11-14H2,1-2H3/b20-15-. The fourth-order valence-corrected chi connectivity index (χ4v) is 3.25. The molecule has 6 heteroatoms. The zero-order valence-corrected chi connectivity index (χ0v) is 16.4. The van der Waals surface area contributed by atoms with Crippen LogP contribution in [0.25, 0.3) is 5.57 Å². The topological polar surface area (TPSA) is 61.8 Å². The summed E-state index contributed by atoms with van der Waals surface area (Å²) in [4.78, 5) is 24.8. The van der Waals surface area contributed by atoms with Crippen molar-refractivity contribution in [2.75, 3.05) is 14.2 Å². The maximum absolute atomic E-state index is 13.1. The summed E-state index contributed by atoms with van der Waals surface area (Å²) >= 11 is 0. The molecule has 3 rings (SSSR count). The number of ether oxygens (including phenoxy) is 3. The fraction of sp³-hybridized carbons (Fsp3) is 0.304. The van der Waals surface area contributed by atoms with Crippen LogP contribution in [0, 0.1) is 11.2 Å². The Bertz CT molecular complexity index is 913. The van der Waals surface area contributed by atoms with Crippen LogP contribution in [0.5, 0.6) is 0 Å². The van der Waals surface area contributed by atoms with Gasteiger partial charge in [-0.1, -0.05) is 36.4 Å². The van der Waals surface area contributed by atoms with E-state index in [-0.39, 0.29) is 24.0 Å². The Morgan fingerprint density at radius 1 is 1.07 bits per heavy atom.